The molecule has 0 saturated carbocycles. The van der Waals surface area contributed by atoms with Gasteiger partial charge >= 0.3 is 0 Å². The van der Waals surface area contributed by atoms with E-state index in [9.17, 15) is 10.2 Å². The SMILES string of the molecule is CCCCCc1c(C(C)C)nc(C(C)C)c(CO)c1-c1ccccc1O. The molecule has 0 saturated heterocycles. The summed E-state index contributed by atoms with van der Waals surface area (Å²) in [5.74, 6) is 0.764. The number of phenols is 1. The fourth-order valence-electron chi connectivity index (χ4n) is 3.63. The van der Waals surface area contributed by atoms with Crippen LogP contribution in [0.15, 0.2) is 24.3 Å². The number of unbranched alkanes of at least 4 members (excludes halogenated alkanes) is 2. The lowest BCUT2D eigenvalue weighted by molar-refractivity contribution is 0.279. The lowest BCUT2D eigenvalue weighted by atomic mass is 9.85. The second-order valence-corrected chi connectivity index (χ2v) is 7.66. The molecule has 0 unspecified atom stereocenters. The number of aromatic hydroxyl groups is 1. The van der Waals surface area contributed by atoms with Gasteiger partial charge in [0, 0.05) is 22.5 Å². The van der Waals surface area contributed by atoms with Crippen LogP contribution in [0.25, 0.3) is 11.1 Å². The topological polar surface area (TPSA) is 53.4 Å². The third kappa shape index (κ3) is 4.27. The van der Waals surface area contributed by atoms with Crippen LogP contribution < -0.4 is 0 Å². The van der Waals surface area contributed by atoms with Gasteiger partial charge < -0.3 is 10.2 Å². The predicted octanol–water partition coefficient (Wildman–Crippen LogP) is 5.93. The van der Waals surface area contributed by atoms with Crippen molar-refractivity contribution in [1.29, 1.82) is 0 Å². The average molecular weight is 356 g/mol. The molecule has 142 valence electrons. The normalized spacial score (nSPS) is 11.5. The van der Waals surface area contributed by atoms with E-state index >= 15 is 0 Å². The largest absolute Gasteiger partial charge is 0.507 e. The molecule has 26 heavy (non-hydrogen) atoms. The fraction of sp³-hybridized carbons (Fsp3) is 0.522. The summed E-state index contributed by atoms with van der Waals surface area (Å²) >= 11 is 0. The van der Waals surface area contributed by atoms with Gasteiger partial charge in [0.15, 0.2) is 0 Å². The van der Waals surface area contributed by atoms with E-state index in [2.05, 4.69) is 34.6 Å². The molecule has 0 spiro atoms. The van der Waals surface area contributed by atoms with E-state index in [-0.39, 0.29) is 18.3 Å². The van der Waals surface area contributed by atoms with Crippen molar-refractivity contribution in [3.05, 3.63) is 46.8 Å². The summed E-state index contributed by atoms with van der Waals surface area (Å²) in [6.45, 7) is 10.7. The molecule has 0 fully saturated rings. The van der Waals surface area contributed by atoms with Gasteiger partial charge in [0.05, 0.1) is 6.61 Å². The van der Waals surface area contributed by atoms with Gasteiger partial charge in [0.25, 0.3) is 0 Å². The number of hydrogen-bond donors (Lipinski definition) is 2. The predicted molar refractivity (Wildman–Crippen MR) is 109 cm³/mol. The average Bonchev–Trinajstić information content (AvgIpc) is 2.61. The van der Waals surface area contributed by atoms with Gasteiger partial charge in [0.1, 0.15) is 5.75 Å². The monoisotopic (exact) mass is 355 g/mol. The minimum Gasteiger partial charge on any atom is -0.507 e. The molecule has 2 N–H and O–H groups in total. The van der Waals surface area contributed by atoms with Crippen LogP contribution >= 0.6 is 0 Å². The molecular weight excluding hydrogens is 322 g/mol. The molecule has 0 bridgehead atoms. The van der Waals surface area contributed by atoms with Crippen molar-refractivity contribution in [3.8, 4) is 16.9 Å². The molecule has 1 aromatic carbocycles. The highest BCUT2D eigenvalue weighted by Gasteiger charge is 2.24. The van der Waals surface area contributed by atoms with Crippen molar-refractivity contribution in [3.63, 3.8) is 0 Å². The van der Waals surface area contributed by atoms with Gasteiger partial charge in [-0.2, -0.15) is 0 Å². The molecule has 0 aliphatic carbocycles. The molecule has 0 radical (unpaired) electrons. The van der Waals surface area contributed by atoms with Gasteiger partial charge in [-0.1, -0.05) is 65.7 Å². The van der Waals surface area contributed by atoms with E-state index in [1.165, 1.54) is 5.56 Å². The van der Waals surface area contributed by atoms with Crippen molar-refractivity contribution in [1.82, 2.24) is 4.98 Å². The Morgan fingerprint density at radius 3 is 2.08 bits per heavy atom. The van der Waals surface area contributed by atoms with Crippen LogP contribution in [-0.2, 0) is 13.0 Å². The number of aromatic nitrogens is 1. The highest BCUT2D eigenvalue weighted by molar-refractivity contribution is 5.77. The van der Waals surface area contributed by atoms with Crippen molar-refractivity contribution < 1.29 is 10.2 Å². The molecule has 3 heteroatoms. The van der Waals surface area contributed by atoms with Crippen LogP contribution in [0.2, 0.25) is 0 Å². The van der Waals surface area contributed by atoms with Gasteiger partial charge in [0.2, 0.25) is 0 Å². The van der Waals surface area contributed by atoms with Gasteiger partial charge in [-0.05, 0) is 41.9 Å². The molecule has 0 atom stereocenters. The van der Waals surface area contributed by atoms with E-state index in [4.69, 9.17) is 4.98 Å². The molecular formula is C23H33NO2. The Morgan fingerprint density at radius 2 is 1.54 bits per heavy atom. The molecule has 1 aromatic heterocycles. The maximum Gasteiger partial charge on any atom is 0.123 e. The number of benzene rings is 1. The molecule has 0 amide bonds. The lowest BCUT2D eigenvalue weighted by Crippen LogP contribution is -2.12. The third-order valence-electron chi connectivity index (χ3n) is 4.92. The molecule has 2 rings (SSSR count). The summed E-state index contributed by atoms with van der Waals surface area (Å²) in [4.78, 5) is 5.00. The van der Waals surface area contributed by atoms with E-state index in [0.717, 1.165) is 53.8 Å². The number of aliphatic hydroxyl groups excluding tert-OH is 1. The second kappa shape index (κ2) is 9.18. The molecule has 1 heterocycles. The number of phenolic OH excluding ortho intramolecular Hbond substituents is 1. The maximum atomic E-state index is 10.5. The standard InChI is InChI=1S/C23H33NO2/c1-6-7-8-12-18-21(17-11-9-10-13-20(17)26)19(14-25)23(16(4)5)24-22(18)15(2)3/h9-11,13,15-16,25-26H,6-8,12,14H2,1-5H3. The maximum absolute atomic E-state index is 10.5. The smallest absolute Gasteiger partial charge is 0.123 e. The Morgan fingerprint density at radius 1 is 0.923 bits per heavy atom. The Balaban J connectivity index is 2.83. The third-order valence-corrected chi connectivity index (χ3v) is 4.92. The first-order chi connectivity index (χ1) is 12.4. The summed E-state index contributed by atoms with van der Waals surface area (Å²) in [5, 5.41) is 20.7. The minimum absolute atomic E-state index is 0.0661. The Hall–Kier alpha value is -1.87. The van der Waals surface area contributed by atoms with Crippen LogP contribution in [-0.4, -0.2) is 15.2 Å². The number of rotatable bonds is 8. The molecule has 0 aliphatic rings. The first kappa shape index (κ1) is 20.4. The van der Waals surface area contributed by atoms with Crippen LogP contribution in [0, 0.1) is 0 Å². The van der Waals surface area contributed by atoms with Gasteiger partial charge in [-0.15, -0.1) is 0 Å². The second-order valence-electron chi connectivity index (χ2n) is 7.66. The van der Waals surface area contributed by atoms with Gasteiger partial charge in [-0.3, -0.25) is 4.98 Å². The molecule has 3 nitrogen and oxygen atoms in total. The van der Waals surface area contributed by atoms with Crippen LogP contribution in [0.3, 0.4) is 0 Å². The summed E-state index contributed by atoms with van der Waals surface area (Å²) in [6, 6.07) is 7.44. The number of nitrogens with zero attached hydrogens (tertiary/aromatic N) is 1. The van der Waals surface area contributed by atoms with Crippen LogP contribution in [0.5, 0.6) is 5.75 Å². The first-order valence-electron chi connectivity index (χ1n) is 9.87. The number of aliphatic hydroxyl groups is 1. The number of pyridine rings is 1. The highest BCUT2D eigenvalue weighted by atomic mass is 16.3. The zero-order valence-electron chi connectivity index (χ0n) is 16.8. The lowest BCUT2D eigenvalue weighted by Gasteiger charge is -2.24. The highest BCUT2D eigenvalue weighted by Crippen LogP contribution is 2.40. The van der Waals surface area contributed by atoms with Crippen molar-refractivity contribution in [2.75, 3.05) is 0 Å². The summed E-state index contributed by atoms with van der Waals surface area (Å²) in [7, 11) is 0. The van der Waals surface area contributed by atoms with E-state index < -0.39 is 0 Å². The zero-order valence-corrected chi connectivity index (χ0v) is 16.8. The number of para-hydroxylation sites is 1. The summed E-state index contributed by atoms with van der Waals surface area (Å²) in [5.41, 5.74) is 5.87. The molecule has 2 aromatic rings. The Bertz CT molecular complexity index is 735. The summed E-state index contributed by atoms with van der Waals surface area (Å²) < 4.78 is 0. The quantitative estimate of drug-likeness (QED) is 0.577. The van der Waals surface area contributed by atoms with Gasteiger partial charge in [-0.25, -0.2) is 0 Å². The van der Waals surface area contributed by atoms with Crippen molar-refractivity contribution in [2.45, 2.75) is 78.7 Å². The van der Waals surface area contributed by atoms with Crippen LogP contribution in [0.1, 0.15) is 88.2 Å². The van der Waals surface area contributed by atoms with Crippen LogP contribution in [0.4, 0.5) is 0 Å². The molecule has 0 aliphatic heterocycles. The van der Waals surface area contributed by atoms with Crippen molar-refractivity contribution in [2.24, 2.45) is 0 Å². The summed E-state index contributed by atoms with van der Waals surface area (Å²) in [6.07, 6.45) is 4.33. The Kier molecular flexibility index (Phi) is 7.22. The van der Waals surface area contributed by atoms with E-state index in [1.807, 2.05) is 18.2 Å². The Labute approximate surface area is 158 Å². The minimum atomic E-state index is -0.0661. The first-order valence-corrected chi connectivity index (χ1v) is 9.87. The van der Waals surface area contributed by atoms with Crippen molar-refractivity contribution >= 4 is 0 Å². The fourth-order valence-corrected chi connectivity index (χ4v) is 3.63. The number of hydrogen-bond acceptors (Lipinski definition) is 3. The van der Waals surface area contributed by atoms with E-state index in [1.54, 1.807) is 6.07 Å². The van der Waals surface area contributed by atoms with E-state index in [0.29, 0.717) is 5.92 Å². The zero-order chi connectivity index (χ0) is 19.3.